The summed E-state index contributed by atoms with van der Waals surface area (Å²) in [5, 5.41) is 0.746. The van der Waals surface area contributed by atoms with Gasteiger partial charge in [-0.05, 0) is 56.6 Å². The highest BCUT2D eigenvalue weighted by molar-refractivity contribution is 7.15. The molecule has 2 amide bonds. The first kappa shape index (κ1) is 17.9. The summed E-state index contributed by atoms with van der Waals surface area (Å²) in [5.74, 6) is 1.19. The molecule has 1 unspecified atom stereocenters. The number of carbonyl (C=O) groups is 2. The lowest BCUT2D eigenvalue weighted by atomic mass is 9.90. The molecule has 1 spiro atoms. The van der Waals surface area contributed by atoms with E-state index in [1.165, 1.54) is 11.3 Å². The van der Waals surface area contributed by atoms with Gasteiger partial charge >= 0.3 is 0 Å². The minimum absolute atomic E-state index is 0.0000288. The number of aryl methyl sites for hydroxylation is 1. The van der Waals surface area contributed by atoms with Crippen LogP contribution < -0.4 is 0 Å². The van der Waals surface area contributed by atoms with E-state index in [4.69, 9.17) is 4.42 Å². The molecule has 0 N–H and O–H groups in total. The Labute approximate surface area is 168 Å². The van der Waals surface area contributed by atoms with E-state index in [0.29, 0.717) is 36.5 Å². The van der Waals surface area contributed by atoms with E-state index in [1.807, 2.05) is 35.9 Å². The number of aromatic nitrogens is 1. The topological polar surface area (TPSA) is 66.7 Å². The zero-order chi connectivity index (χ0) is 19.5. The Hall–Kier alpha value is -2.15. The maximum absolute atomic E-state index is 13.0. The van der Waals surface area contributed by atoms with Gasteiger partial charge in [0.1, 0.15) is 5.69 Å². The van der Waals surface area contributed by atoms with Crippen LogP contribution in [0.2, 0.25) is 0 Å². The second-order valence-corrected chi connectivity index (χ2v) is 9.70. The van der Waals surface area contributed by atoms with Gasteiger partial charge in [0.25, 0.3) is 5.91 Å². The Morgan fingerprint density at radius 3 is 2.71 bits per heavy atom. The summed E-state index contributed by atoms with van der Waals surface area (Å²) < 4.78 is 5.41. The number of hydrogen-bond donors (Lipinski definition) is 0. The summed E-state index contributed by atoms with van der Waals surface area (Å²) in [4.78, 5) is 35.0. The molecule has 0 bridgehead atoms. The molecular formula is C21H25N3O3S. The van der Waals surface area contributed by atoms with Crippen LogP contribution in [-0.4, -0.2) is 52.8 Å². The highest BCUT2D eigenvalue weighted by Gasteiger charge is 2.60. The summed E-state index contributed by atoms with van der Waals surface area (Å²) in [6.45, 7) is 3.36. The van der Waals surface area contributed by atoms with Crippen molar-refractivity contribution in [1.82, 2.24) is 14.8 Å². The molecular weight excluding hydrogens is 374 g/mol. The first-order valence-electron chi connectivity index (χ1n) is 10.1. The number of hydrogen-bond acceptors (Lipinski definition) is 5. The number of thiazole rings is 1. The predicted molar refractivity (Wildman–Crippen MR) is 106 cm³/mol. The molecule has 148 valence electrons. The number of nitrogens with zero attached hydrogens (tertiary/aromatic N) is 3. The molecule has 0 aromatic carbocycles. The monoisotopic (exact) mass is 399 g/mol. The van der Waals surface area contributed by atoms with Crippen molar-refractivity contribution in [2.24, 2.45) is 11.3 Å². The molecule has 2 saturated carbocycles. The fourth-order valence-electron chi connectivity index (χ4n) is 4.54. The van der Waals surface area contributed by atoms with Crippen molar-refractivity contribution in [3.63, 3.8) is 0 Å². The smallest absolute Gasteiger partial charge is 0.273 e. The second-order valence-electron chi connectivity index (χ2n) is 8.49. The zero-order valence-electron chi connectivity index (χ0n) is 16.3. The summed E-state index contributed by atoms with van der Waals surface area (Å²) in [6.07, 6.45) is 6.74. The van der Waals surface area contributed by atoms with E-state index < -0.39 is 0 Å². The molecule has 2 aliphatic carbocycles. The van der Waals surface area contributed by atoms with E-state index in [0.717, 1.165) is 42.0 Å². The molecule has 1 atom stereocenters. The summed E-state index contributed by atoms with van der Waals surface area (Å²) in [5.41, 5.74) is 0.664. The van der Waals surface area contributed by atoms with Crippen LogP contribution in [0.15, 0.2) is 22.8 Å². The lowest BCUT2D eigenvalue weighted by Gasteiger charge is -2.33. The average molecular weight is 400 g/mol. The number of likely N-dealkylation sites (tertiary alicyclic amines) is 1. The molecule has 6 nitrogen and oxygen atoms in total. The molecule has 3 heterocycles. The van der Waals surface area contributed by atoms with Crippen molar-refractivity contribution in [3.05, 3.63) is 29.0 Å². The Kier molecular flexibility index (Phi) is 4.12. The van der Waals surface area contributed by atoms with Gasteiger partial charge in [-0.25, -0.2) is 4.98 Å². The number of amides is 2. The van der Waals surface area contributed by atoms with Crippen molar-refractivity contribution >= 4 is 23.2 Å². The normalized spacial score (nSPS) is 23.1. The zero-order valence-corrected chi connectivity index (χ0v) is 17.1. The molecule has 7 heteroatoms. The van der Waals surface area contributed by atoms with Gasteiger partial charge in [-0.1, -0.05) is 0 Å². The molecule has 28 heavy (non-hydrogen) atoms. The van der Waals surface area contributed by atoms with Gasteiger partial charge in [0.15, 0.2) is 10.8 Å². The van der Waals surface area contributed by atoms with Crippen LogP contribution in [0.4, 0.5) is 0 Å². The molecule has 3 aliphatic rings. The fraction of sp³-hybridized carbons (Fsp3) is 0.571. The van der Waals surface area contributed by atoms with Gasteiger partial charge in [-0.2, -0.15) is 0 Å². The van der Waals surface area contributed by atoms with Gasteiger partial charge in [0, 0.05) is 37.0 Å². The van der Waals surface area contributed by atoms with Crippen molar-refractivity contribution in [2.45, 2.75) is 45.1 Å². The Balaban J connectivity index is 1.23. The van der Waals surface area contributed by atoms with Gasteiger partial charge in [0.2, 0.25) is 5.91 Å². The summed E-state index contributed by atoms with van der Waals surface area (Å²) >= 11 is 1.49. The Morgan fingerprint density at radius 2 is 2.07 bits per heavy atom. The van der Waals surface area contributed by atoms with Crippen LogP contribution in [-0.2, 0) is 4.79 Å². The third kappa shape index (κ3) is 2.96. The largest absolute Gasteiger partial charge is 0.462 e. The van der Waals surface area contributed by atoms with Crippen LogP contribution in [0, 0.1) is 18.3 Å². The van der Waals surface area contributed by atoms with Gasteiger partial charge < -0.3 is 14.2 Å². The van der Waals surface area contributed by atoms with Crippen LogP contribution in [0.3, 0.4) is 0 Å². The third-order valence-corrected chi connectivity index (χ3v) is 7.69. The van der Waals surface area contributed by atoms with E-state index in [9.17, 15) is 9.59 Å². The first-order valence-corrected chi connectivity index (χ1v) is 10.9. The highest BCUT2D eigenvalue weighted by Crippen LogP contribution is 2.60. The summed E-state index contributed by atoms with van der Waals surface area (Å²) in [7, 11) is 1.95. The fourth-order valence-corrected chi connectivity index (χ4v) is 5.42. The van der Waals surface area contributed by atoms with Gasteiger partial charge in [-0.3, -0.25) is 9.59 Å². The van der Waals surface area contributed by atoms with E-state index in [2.05, 4.69) is 4.98 Å². The number of rotatable bonds is 4. The molecule has 3 fully saturated rings. The molecule has 0 radical (unpaired) electrons. The number of carbonyl (C=O) groups excluding carboxylic acids is 2. The van der Waals surface area contributed by atoms with Gasteiger partial charge in [-0.15, -0.1) is 11.3 Å². The maximum atomic E-state index is 13.0. The third-order valence-electron chi connectivity index (χ3n) is 6.71. The maximum Gasteiger partial charge on any atom is 0.273 e. The minimum atomic E-state index is 0.0000288. The molecule has 1 saturated heterocycles. The van der Waals surface area contributed by atoms with Crippen LogP contribution in [0.1, 0.15) is 47.5 Å². The Bertz CT molecular complexity index is 907. The molecule has 2 aromatic rings. The van der Waals surface area contributed by atoms with Crippen molar-refractivity contribution in [2.75, 3.05) is 20.1 Å². The molecule has 2 aromatic heterocycles. The lowest BCUT2D eigenvalue weighted by Crippen LogP contribution is -2.41. The predicted octanol–water partition coefficient (Wildman–Crippen LogP) is 3.57. The lowest BCUT2D eigenvalue weighted by molar-refractivity contribution is -0.132. The van der Waals surface area contributed by atoms with Crippen molar-refractivity contribution < 1.29 is 14.0 Å². The molecule has 1 aliphatic heterocycles. The quantitative estimate of drug-likeness (QED) is 0.788. The highest BCUT2D eigenvalue weighted by atomic mass is 32.1. The van der Waals surface area contributed by atoms with E-state index in [1.54, 1.807) is 6.26 Å². The average Bonchev–Trinajstić information content (AvgIpc) is 3.56. The number of furan rings is 1. The van der Waals surface area contributed by atoms with Crippen LogP contribution >= 0.6 is 11.3 Å². The first-order chi connectivity index (χ1) is 13.5. The van der Waals surface area contributed by atoms with E-state index in [-0.39, 0.29) is 17.2 Å². The Morgan fingerprint density at radius 1 is 1.32 bits per heavy atom. The van der Waals surface area contributed by atoms with Crippen LogP contribution in [0.5, 0.6) is 0 Å². The molecule has 5 rings (SSSR count). The minimum Gasteiger partial charge on any atom is -0.462 e. The van der Waals surface area contributed by atoms with Crippen molar-refractivity contribution in [1.29, 1.82) is 0 Å². The van der Waals surface area contributed by atoms with Crippen LogP contribution in [0.25, 0.3) is 10.8 Å². The second kappa shape index (κ2) is 6.44. The van der Waals surface area contributed by atoms with Gasteiger partial charge in [0.05, 0.1) is 6.26 Å². The standard InChI is InChI=1S/C21H25N3O3S/c1-13-17(22-18(28-13)16-4-3-11-27-16)20(26)24-9-7-21(8-10-24)12-15(21)19(25)23(2)14-5-6-14/h3-4,11,14-15H,5-10,12H2,1-2H3. The van der Waals surface area contributed by atoms with E-state index >= 15 is 0 Å². The number of piperidine rings is 1. The SMILES string of the molecule is Cc1sc(-c2ccco2)nc1C(=O)N1CCC2(CC1)CC2C(=O)N(C)C1CC1. The summed E-state index contributed by atoms with van der Waals surface area (Å²) in [6, 6.07) is 4.16. The van der Waals surface area contributed by atoms with Crippen molar-refractivity contribution in [3.8, 4) is 10.8 Å².